The van der Waals surface area contributed by atoms with Gasteiger partial charge in [0.25, 0.3) is 0 Å². The van der Waals surface area contributed by atoms with Crippen molar-refractivity contribution >= 4 is 55.2 Å². The summed E-state index contributed by atoms with van der Waals surface area (Å²) in [6.45, 7) is 1.97. The molecule has 0 radical (unpaired) electrons. The molecule has 0 aliphatic carbocycles. The van der Waals surface area contributed by atoms with E-state index in [0.717, 1.165) is 16.6 Å². The molecule has 1 fully saturated rings. The monoisotopic (exact) mass is 562 g/mol. The minimum atomic E-state index is -4.52. The first kappa shape index (κ1) is 23.6. The number of nitrogens with zero attached hydrogens (tertiary/aromatic N) is 1. The molecule has 1 heterocycles. The number of carbonyl (C=O) groups is 1. The summed E-state index contributed by atoms with van der Waals surface area (Å²) < 4.78 is 51.8. The molecular formula is C21H19Br2F3N2O3. The standard InChI is InChI=1S/C21H19Br2F3N2O3/c1-30-20-13(10-15(22)12-16(20)23)2-5-19(29)27-17-11-14(21(24,25)26)3-4-18(17)28-6-8-31-9-7-28/h2-5,10-12H,6-9H2,1H3,(H,27,29). The Bertz CT molecular complexity index is 991. The van der Waals surface area contributed by atoms with Gasteiger partial charge in [-0.25, -0.2) is 0 Å². The second-order valence-corrected chi connectivity index (χ2v) is 8.43. The van der Waals surface area contributed by atoms with Crippen LogP contribution in [0, 0.1) is 0 Å². The average Bonchev–Trinajstić information content (AvgIpc) is 2.72. The maximum absolute atomic E-state index is 13.2. The lowest BCUT2D eigenvalue weighted by Crippen LogP contribution is -2.36. The second kappa shape index (κ2) is 10.1. The van der Waals surface area contributed by atoms with E-state index in [1.165, 1.54) is 25.3 Å². The van der Waals surface area contributed by atoms with Gasteiger partial charge in [-0.05, 0) is 52.3 Å². The van der Waals surface area contributed by atoms with Crippen molar-refractivity contribution in [3.63, 3.8) is 0 Å². The molecule has 0 aromatic heterocycles. The first-order chi connectivity index (χ1) is 14.7. The summed E-state index contributed by atoms with van der Waals surface area (Å²) in [6, 6.07) is 6.90. The van der Waals surface area contributed by atoms with Crippen molar-refractivity contribution < 1.29 is 27.4 Å². The van der Waals surface area contributed by atoms with E-state index in [1.807, 2.05) is 4.90 Å². The summed E-state index contributed by atoms with van der Waals surface area (Å²) in [7, 11) is 1.50. The van der Waals surface area contributed by atoms with Crippen LogP contribution in [0.3, 0.4) is 0 Å². The lowest BCUT2D eigenvalue weighted by atomic mass is 10.1. The van der Waals surface area contributed by atoms with Gasteiger partial charge in [-0.1, -0.05) is 15.9 Å². The summed E-state index contributed by atoms with van der Waals surface area (Å²) in [5.41, 5.74) is 0.396. The molecule has 10 heteroatoms. The molecule has 1 aliphatic heterocycles. The van der Waals surface area contributed by atoms with Gasteiger partial charge < -0.3 is 19.7 Å². The highest BCUT2D eigenvalue weighted by Gasteiger charge is 2.31. The highest BCUT2D eigenvalue weighted by atomic mass is 79.9. The molecule has 3 rings (SSSR count). The van der Waals surface area contributed by atoms with Gasteiger partial charge in [-0.15, -0.1) is 0 Å². The van der Waals surface area contributed by atoms with Crippen LogP contribution in [0.15, 0.2) is 45.4 Å². The lowest BCUT2D eigenvalue weighted by Gasteiger charge is -2.30. The van der Waals surface area contributed by atoms with E-state index in [-0.39, 0.29) is 5.69 Å². The van der Waals surface area contributed by atoms with Crippen LogP contribution in [0.2, 0.25) is 0 Å². The third-order valence-corrected chi connectivity index (χ3v) is 5.64. The topological polar surface area (TPSA) is 50.8 Å². The number of methoxy groups -OCH3 is 1. The molecule has 0 atom stereocenters. The first-order valence-electron chi connectivity index (χ1n) is 9.25. The third-order valence-electron chi connectivity index (χ3n) is 4.59. The fourth-order valence-corrected chi connectivity index (χ4v) is 4.57. The largest absolute Gasteiger partial charge is 0.495 e. The van der Waals surface area contributed by atoms with Crippen molar-refractivity contribution in [1.82, 2.24) is 0 Å². The predicted molar refractivity (Wildman–Crippen MR) is 121 cm³/mol. The fraction of sp³-hybridized carbons (Fsp3) is 0.286. The number of amides is 1. The van der Waals surface area contributed by atoms with Crippen LogP contribution >= 0.6 is 31.9 Å². The Hall–Kier alpha value is -2.04. The summed E-state index contributed by atoms with van der Waals surface area (Å²) in [5, 5.41) is 2.58. The van der Waals surface area contributed by atoms with E-state index >= 15 is 0 Å². The van der Waals surface area contributed by atoms with Crippen molar-refractivity contribution in [2.75, 3.05) is 43.6 Å². The number of ether oxygens (including phenoxy) is 2. The van der Waals surface area contributed by atoms with E-state index in [0.29, 0.717) is 47.8 Å². The Labute approximate surface area is 194 Å². The van der Waals surface area contributed by atoms with Gasteiger partial charge >= 0.3 is 6.18 Å². The Morgan fingerprint density at radius 2 is 1.90 bits per heavy atom. The molecule has 31 heavy (non-hydrogen) atoms. The SMILES string of the molecule is COc1c(Br)cc(Br)cc1C=CC(=O)Nc1cc(C(F)(F)F)ccc1N1CCOCC1. The zero-order chi connectivity index (χ0) is 22.6. The normalized spacial score (nSPS) is 14.7. The number of rotatable bonds is 5. The zero-order valence-electron chi connectivity index (χ0n) is 16.4. The molecule has 5 nitrogen and oxygen atoms in total. The number of morpholine rings is 1. The van der Waals surface area contributed by atoms with Gasteiger partial charge in [-0.2, -0.15) is 13.2 Å². The molecule has 2 aromatic carbocycles. The molecule has 0 bridgehead atoms. The number of carbonyl (C=O) groups excluding carboxylic acids is 1. The van der Waals surface area contributed by atoms with Crippen LogP contribution in [-0.2, 0) is 15.7 Å². The van der Waals surface area contributed by atoms with Crippen molar-refractivity contribution in [2.24, 2.45) is 0 Å². The molecular weight excluding hydrogens is 545 g/mol. The zero-order valence-corrected chi connectivity index (χ0v) is 19.6. The lowest BCUT2D eigenvalue weighted by molar-refractivity contribution is -0.137. The third kappa shape index (κ3) is 6.02. The van der Waals surface area contributed by atoms with Gasteiger partial charge in [0.1, 0.15) is 5.75 Å². The number of anilines is 2. The summed E-state index contributed by atoms with van der Waals surface area (Å²) in [6.07, 6.45) is -1.74. The fourth-order valence-electron chi connectivity index (χ4n) is 3.15. The van der Waals surface area contributed by atoms with E-state index in [4.69, 9.17) is 9.47 Å². The van der Waals surface area contributed by atoms with Gasteiger partial charge in [0.2, 0.25) is 5.91 Å². The molecule has 1 amide bonds. The molecule has 2 aromatic rings. The van der Waals surface area contributed by atoms with E-state index < -0.39 is 17.6 Å². The van der Waals surface area contributed by atoms with Gasteiger partial charge in [-0.3, -0.25) is 4.79 Å². The van der Waals surface area contributed by atoms with E-state index in [2.05, 4.69) is 37.2 Å². The number of halogens is 5. The minimum absolute atomic E-state index is 0.0914. The average molecular weight is 564 g/mol. The molecule has 166 valence electrons. The van der Waals surface area contributed by atoms with Gasteiger partial charge in [0.05, 0.1) is 41.7 Å². The highest BCUT2D eigenvalue weighted by Crippen LogP contribution is 2.36. The van der Waals surface area contributed by atoms with Crippen molar-refractivity contribution in [3.8, 4) is 5.75 Å². The number of alkyl halides is 3. The molecule has 0 spiro atoms. The Morgan fingerprint density at radius 1 is 1.19 bits per heavy atom. The molecule has 1 N–H and O–H groups in total. The van der Waals surface area contributed by atoms with Crippen LogP contribution in [0.5, 0.6) is 5.75 Å². The number of benzene rings is 2. The molecule has 1 saturated heterocycles. The van der Waals surface area contributed by atoms with Crippen molar-refractivity contribution in [2.45, 2.75) is 6.18 Å². The quantitative estimate of drug-likeness (QED) is 0.472. The Balaban J connectivity index is 1.88. The van der Waals surface area contributed by atoms with Crippen LogP contribution < -0.4 is 15.0 Å². The highest BCUT2D eigenvalue weighted by molar-refractivity contribution is 9.11. The number of hydrogen-bond acceptors (Lipinski definition) is 4. The van der Waals surface area contributed by atoms with E-state index in [1.54, 1.807) is 12.1 Å². The van der Waals surface area contributed by atoms with E-state index in [9.17, 15) is 18.0 Å². The molecule has 0 saturated carbocycles. The second-order valence-electron chi connectivity index (χ2n) is 6.66. The summed E-state index contributed by atoms with van der Waals surface area (Å²) in [5.74, 6) is -0.0349. The van der Waals surface area contributed by atoms with Crippen LogP contribution in [0.1, 0.15) is 11.1 Å². The number of hydrogen-bond donors (Lipinski definition) is 1. The maximum Gasteiger partial charge on any atom is 0.416 e. The molecule has 0 unspecified atom stereocenters. The molecule has 1 aliphatic rings. The minimum Gasteiger partial charge on any atom is -0.495 e. The predicted octanol–water partition coefficient (Wildman–Crippen LogP) is 5.73. The summed E-state index contributed by atoms with van der Waals surface area (Å²) in [4.78, 5) is 14.5. The van der Waals surface area contributed by atoms with Crippen LogP contribution in [0.25, 0.3) is 6.08 Å². The van der Waals surface area contributed by atoms with Crippen LogP contribution in [-0.4, -0.2) is 39.3 Å². The Kier molecular flexibility index (Phi) is 7.66. The van der Waals surface area contributed by atoms with Gasteiger partial charge in [0.15, 0.2) is 0 Å². The smallest absolute Gasteiger partial charge is 0.416 e. The maximum atomic E-state index is 13.2. The first-order valence-corrected chi connectivity index (χ1v) is 10.8. The van der Waals surface area contributed by atoms with Crippen molar-refractivity contribution in [3.05, 3.63) is 56.5 Å². The van der Waals surface area contributed by atoms with Crippen molar-refractivity contribution in [1.29, 1.82) is 0 Å². The Morgan fingerprint density at radius 3 is 2.55 bits per heavy atom. The van der Waals surface area contributed by atoms with Crippen LogP contribution in [0.4, 0.5) is 24.5 Å². The number of nitrogens with one attached hydrogen (secondary N) is 1. The summed E-state index contributed by atoms with van der Waals surface area (Å²) >= 11 is 6.76. The van der Waals surface area contributed by atoms with Gasteiger partial charge in [0, 0.05) is 29.2 Å².